The van der Waals surface area contributed by atoms with Gasteiger partial charge in [-0.2, -0.15) is 5.10 Å². The molecular formula is C9H16N4O. The summed E-state index contributed by atoms with van der Waals surface area (Å²) in [6.07, 6.45) is 2.37. The van der Waals surface area contributed by atoms with Gasteiger partial charge in [0.1, 0.15) is 0 Å². The Hall–Kier alpha value is -1.36. The van der Waals surface area contributed by atoms with Crippen LogP contribution in [0.1, 0.15) is 29.4 Å². The summed E-state index contributed by atoms with van der Waals surface area (Å²) < 4.78 is 0. The second-order valence-electron chi connectivity index (χ2n) is 3.29. The molecule has 0 saturated heterocycles. The standard InChI is InChI=1S/C9H16N4O/c1-3-7(10)4-11-9(14)8-5-12-13-6(8)2/h5,7H,3-4,10H2,1-2H3,(H,11,14)(H,12,13). The largest absolute Gasteiger partial charge is 0.350 e. The maximum atomic E-state index is 11.5. The number of nitrogens with two attached hydrogens (primary N) is 1. The van der Waals surface area contributed by atoms with Gasteiger partial charge in [0.2, 0.25) is 0 Å². The van der Waals surface area contributed by atoms with E-state index in [-0.39, 0.29) is 11.9 Å². The molecule has 1 atom stereocenters. The molecule has 0 aromatic carbocycles. The summed E-state index contributed by atoms with van der Waals surface area (Å²) in [5.41, 5.74) is 7.02. The van der Waals surface area contributed by atoms with E-state index >= 15 is 0 Å². The van der Waals surface area contributed by atoms with Gasteiger partial charge in [-0.3, -0.25) is 9.89 Å². The number of hydrogen-bond acceptors (Lipinski definition) is 3. The van der Waals surface area contributed by atoms with Gasteiger partial charge in [0, 0.05) is 18.3 Å². The third kappa shape index (κ3) is 2.56. The van der Waals surface area contributed by atoms with Gasteiger partial charge >= 0.3 is 0 Å². The van der Waals surface area contributed by atoms with Crippen molar-refractivity contribution in [1.82, 2.24) is 15.5 Å². The normalized spacial score (nSPS) is 12.5. The summed E-state index contributed by atoms with van der Waals surface area (Å²) in [7, 11) is 0. The third-order valence-electron chi connectivity index (χ3n) is 2.12. The van der Waals surface area contributed by atoms with Gasteiger partial charge in [0.15, 0.2) is 0 Å². The zero-order valence-corrected chi connectivity index (χ0v) is 8.50. The average molecular weight is 196 g/mol. The summed E-state index contributed by atoms with van der Waals surface area (Å²) in [4.78, 5) is 11.5. The van der Waals surface area contributed by atoms with Crippen molar-refractivity contribution in [3.8, 4) is 0 Å². The molecule has 4 N–H and O–H groups in total. The highest BCUT2D eigenvalue weighted by atomic mass is 16.1. The van der Waals surface area contributed by atoms with Crippen LogP contribution in [0.15, 0.2) is 6.20 Å². The van der Waals surface area contributed by atoms with Crippen LogP contribution in [-0.4, -0.2) is 28.7 Å². The van der Waals surface area contributed by atoms with Crippen molar-refractivity contribution in [1.29, 1.82) is 0 Å². The molecule has 0 saturated carbocycles. The molecule has 1 rings (SSSR count). The lowest BCUT2D eigenvalue weighted by atomic mass is 10.2. The molecule has 1 unspecified atom stereocenters. The molecule has 78 valence electrons. The number of rotatable bonds is 4. The van der Waals surface area contributed by atoms with Crippen molar-refractivity contribution in [3.05, 3.63) is 17.5 Å². The van der Waals surface area contributed by atoms with Crippen LogP contribution in [0.3, 0.4) is 0 Å². The molecular weight excluding hydrogens is 180 g/mol. The minimum atomic E-state index is -0.125. The second-order valence-corrected chi connectivity index (χ2v) is 3.29. The van der Waals surface area contributed by atoms with Gasteiger partial charge in [0.05, 0.1) is 11.8 Å². The zero-order chi connectivity index (χ0) is 10.6. The number of amides is 1. The number of aromatic nitrogens is 2. The molecule has 0 aliphatic rings. The molecule has 0 fully saturated rings. The molecule has 1 amide bonds. The highest BCUT2D eigenvalue weighted by Crippen LogP contribution is 2.01. The topological polar surface area (TPSA) is 83.8 Å². The fourth-order valence-electron chi connectivity index (χ4n) is 1.04. The Morgan fingerprint density at radius 1 is 1.79 bits per heavy atom. The van der Waals surface area contributed by atoms with E-state index < -0.39 is 0 Å². The Morgan fingerprint density at radius 3 is 3.00 bits per heavy atom. The first-order chi connectivity index (χ1) is 6.65. The average Bonchev–Trinajstić information content (AvgIpc) is 2.60. The third-order valence-corrected chi connectivity index (χ3v) is 2.12. The molecule has 0 radical (unpaired) electrons. The van der Waals surface area contributed by atoms with Gasteiger partial charge in [-0.15, -0.1) is 0 Å². The van der Waals surface area contributed by atoms with Crippen LogP contribution in [0, 0.1) is 6.92 Å². The number of carbonyl (C=O) groups is 1. The van der Waals surface area contributed by atoms with Gasteiger partial charge in [0.25, 0.3) is 5.91 Å². The van der Waals surface area contributed by atoms with E-state index in [2.05, 4.69) is 15.5 Å². The Bertz CT molecular complexity index is 308. The monoisotopic (exact) mass is 196 g/mol. The fourth-order valence-corrected chi connectivity index (χ4v) is 1.04. The van der Waals surface area contributed by atoms with Crippen LogP contribution in [0.4, 0.5) is 0 Å². The van der Waals surface area contributed by atoms with E-state index in [9.17, 15) is 4.79 Å². The molecule has 0 bridgehead atoms. The van der Waals surface area contributed by atoms with E-state index in [1.165, 1.54) is 6.20 Å². The van der Waals surface area contributed by atoms with Crippen LogP contribution in [0.5, 0.6) is 0 Å². The SMILES string of the molecule is CCC(N)CNC(=O)c1cn[nH]c1C. The van der Waals surface area contributed by atoms with Crippen LogP contribution < -0.4 is 11.1 Å². The lowest BCUT2D eigenvalue weighted by Gasteiger charge is -2.09. The van der Waals surface area contributed by atoms with E-state index in [0.717, 1.165) is 12.1 Å². The van der Waals surface area contributed by atoms with Crippen LogP contribution >= 0.6 is 0 Å². The lowest BCUT2D eigenvalue weighted by molar-refractivity contribution is 0.0950. The van der Waals surface area contributed by atoms with Crippen molar-refractivity contribution < 1.29 is 4.79 Å². The van der Waals surface area contributed by atoms with E-state index in [0.29, 0.717) is 12.1 Å². The zero-order valence-electron chi connectivity index (χ0n) is 8.50. The Kier molecular flexibility index (Phi) is 3.64. The van der Waals surface area contributed by atoms with Crippen LogP contribution in [0.25, 0.3) is 0 Å². The van der Waals surface area contributed by atoms with E-state index in [1.807, 2.05) is 13.8 Å². The van der Waals surface area contributed by atoms with Crippen LogP contribution in [0.2, 0.25) is 0 Å². The molecule has 14 heavy (non-hydrogen) atoms. The van der Waals surface area contributed by atoms with Gasteiger partial charge in [-0.1, -0.05) is 6.92 Å². The molecule has 1 aromatic heterocycles. The number of nitrogens with one attached hydrogen (secondary N) is 2. The predicted octanol–water partition coefficient (Wildman–Crippen LogP) is 0.185. The van der Waals surface area contributed by atoms with Gasteiger partial charge < -0.3 is 11.1 Å². The number of hydrogen-bond donors (Lipinski definition) is 3. The number of aromatic amines is 1. The van der Waals surface area contributed by atoms with Crippen molar-refractivity contribution in [3.63, 3.8) is 0 Å². The Labute approximate surface area is 83.1 Å². The number of nitrogens with zero attached hydrogens (tertiary/aromatic N) is 1. The lowest BCUT2D eigenvalue weighted by Crippen LogP contribution is -2.36. The van der Waals surface area contributed by atoms with Crippen molar-refractivity contribution >= 4 is 5.91 Å². The van der Waals surface area contributed by atoms with Gasteiger partial charge in [-0.05, 0) is 13.3 Å². The van der Waals surface area contributed by atoms with Gasteiger partial charge in [-0.25, -0.2) is 0 Å². The molecule has 0 aliphatic heterocycles. The van der Waals surface area contributed by atoms with E-state index in [1.54, 1.807) is 0 Å². The highest BCUT2D eigenvalue weighted by molar-refractivity contribution is 5.94. The fraction of sp³-hybridized carbons (Fsp3) is 0.556. The molecule has 1 aromatic rings. The number of carbonyl (C=O) groups excluding carboxylic acids is 1. The Morgan fingerprint density at radius 2 is 2.50 bits per heavy atom. The molecule has 0 spiro atoms. The summed E-state index contributed by atoms with van der Waals surface area (Å²) >= 11 is 0. The highest BCUT2D eigenvalue weighted by Gasteiger charge is 2.10. The summed E-state index contributed by atoms with van der Waals surface area (Å²) in [6, 6.07) is 0.0196. The minimum Gasteiger partial charge on any atom is -0.350 e. The minimum absolute atomic E-state index is 0.0196. The van der Waals surface area contributed by atoms with Crippen molar-refractivity contribution in [2.75, 3.05) is 6.54 Å². The molecule has 5 nitrogen and oxygen atoms in total. The molecule has 5 heteroatoms. The summed E-state index contributed by atoms with van der Waals surface area (Å²) in [5.74, 6) is -0.125. The Balaban J connectivity index is 2.47. The molecule has 0 aliphatic carbocycles. The molecule has 1 heterocycles. The second kappa shape index (κ2) is 4.76. The van der Waals surface area contributed by atoms with E-state index in [4.69, 9.17) is 5.73 Å². The summed E-state index contributed by atoms with van der Waals surface area (Å²) in [5, 5.41) is 9.23. The van der Waals surface area contributed by atoms with Crippen molar-refractivity contribution in [2.45, 2.75) is 26.3 Å². The van der Waals surface area contributed by atoms with Crippen molar-refractivity contribution in [2.24, 2.45) is 5.73 Å². The maximum Gasteiger partial charge on any atom is 0.254 e. The maximum absolute atomic E-state index is 11.5. The number of aryl methyl sites for hydroxylation is 1. The summed E-state index contributed by atoms with van der Waals surface area (Å²) in [6.45, 7) is 4.29. The number of H-pyrrole nitrogens is 1. The first-order valence-corrected chi connectivity index (χ1v) is 4.69. The quantitative estimate of drug-likeness (QED) is 0.642. The first-order valence-electron chi connectivity index (χ1n) is 4.69. The van der Waals surface area contributed by atoms with Crippen LogP contribution in [-0.2, 0) is 0 Å². The first kappa shape index (κ1) is 10.7. The smallest absolute Gasteiger partial charge is 0.254 e. The predicted molar refractivity (Wildman–Crippen MR) is 53.9 cm³/mol.